The lowest BCUT2D eigenvalue weighted by Crippen LogP contribution is -2.48. The number of aromatic nitrogens is 1. The Bertz CT molecular complexity index is 880. The molecule has 0 bridgehead atoms. The monoisotopic (exact) mass is 347 g/mol. The number of anilines is 1. The molecule has 1 aliphatic heterocycles. The van der Waals surface area contributed by atoms with Gasteiger partial charge in [-0.05, 0) is 54.6 Å². The summed E-state index contributed by atoms with van der Waals surface area (Å²) in [5.41, 5.74) is 2.78. The van der Waals surface area contributed by atoms with Crippen LogP contribution in [0.5, 0.6) is 5.75 Å². The molecule has 0 spiro atoms. The second-order valence-corrected chi connectivity index (χ2v) is 6.44. The van der Waals surface area contributed by atoms with E-state index in [-0.39, 0.29) is 11.7 Å². The predicted molar refractivity (Wildman–Crippen MR) is 102 cm³/mol. The highest BCUT2D eigenvalue weighted by Crippen LogP contribution is 2.21. The zero-order valence-corrected chi connectivity index (χ0v) is 14.5. The molecule has 0 saturated carbocycles. The zero-order chi connectivity index (χ0) is 17.9. The molecule has 2 heterocycles. The normalized spacial score (nSPS) is 14.5. The number of aromatic hydroxyl groups is 1. The molecule has 5 heteroatoms. The first-order chi connectivity index (χ1) is 12.7. The number of carbonyl (C=O) groups is 1. The van der Waals surface area contributed by atoms with Gasteiger partial charge in [0.1, 0.15) is 5.75 Å². The lowest BCUT2D eigenvalue weighted by molar-refractivity contribution is 0.0747. The van der Waals surface area contributed by atoms with Crippen LogP contribution in [0.4, 0.5) is 5.69 Å². The fourth-order valence-electron chi connectivity index (χ4n) is 3.32. The molecule has 2 aromatic carbocycles. The van der Waals surface area contributed by atoms with Crippen LogP contribution in [0, 0.1) is 0 Å². The zero-order valence-electron chi connectivity index (χ0n) is 14.5. The molecule has 0 atom stereocenters. The number of amides is 1. The highest BCUT2D eigenvalue weighted by Gasteiger charge is 2.22. The molecule has 0 unspecified atom stereocenters. The maximum atomic E-state index is 12.9. The van der Waals surface area contributed by atoms with Crippen LogP contribution in [0.2, 0.25) is 0 Å². The lowest BCUT2D eigenvalue weighted by atomic mass is 10.1. The number of benzene rings is 2. The van der Waals surface area contributed by atoms with Gasteiger partial charge in [-0.1, -0.05) is 6.07 Å². The van der Waals surface area contributed by atoms with Crippen LogP contribution < -0.4 is 4.90 Å². The Labute approximate surface area is 152 Å². The van der Waals surface area contributed by atoms with Gasteiger partial charge in [0.25, 0.3) is 5.91 Å². The maximum Gasteiger partial charge on any atom is 0.254 e. The van der Waals surface area contributed by atoms with Gasteiger partial charge in [-0.15, -0.1) is 0 Å². The first-order valence-electron chi connectivity index (χ1n) is 8.77. The van der Waals surface area contributed by atoms with Crippen LogP contribution in [0.15, 0.2) is 73.1 Å². The molecule has 0 radical (unpaired) electrons. The molecule has 26 heavy (non-hydrogen) atoms. The fraction of sp³-hybridized carbons (Fsp3) is 0.190. The van der Waals surface area contributed by atoms with Crippen LogP contribution in [-0.2, 0) is 0 Å². The van der Waals surface area contributed by atoms with E-state index in [1.165, 1.54) is 0 Å². The quantitative estimate of drug-likeness (QED) is 0.792. The number of phenols is 1. The van der Waals surface area contributed by atoms with E-state index in [1.807, 2.05) is 70.4 Å². The van der Waals surface area contributed by atoms with E-state index in [1.54, 1.807) is 12.1 Å². The molecule has 4 rings (SSSR count). The van der Waals surface area contributed by atoms with Crippen molar-refractivity contribution in [1.29, 1.82) is 0 Å². The molecular weight excluding hydrogens is 326 g/mol. The van der Waals surface area contributed by atoms with Gasteiger partial charge in [-0.2, -0.15) is 0 Å². The smallest absolute Gasteiger partial charge is 0.254 e. The minimum atomic E-state index is 0.0735. The minimum Gasteiger partial charge on any atom is -0.508 e. The topological polar surface area (TPSA) is 48.7 Å². The molecule has 1 amide bonds. The molecule has 1 N–H and O–H groups in total. The molecule has 1 fully saturated rings. The number of nitrogens with zero attached hydrogens (tertiary/aromatic N) is 3. The van der Waals surface area contributed by atoms with Crippen molar-refractivity contribution in [3.05, 3.63) is 78.6 Å². The molecule has 132 valence electrons. The Balaban J connectivity index is 1.44. The van der Waals surface area contributed by atoms with Crippen LogP contribution in [0.3, 0.4) is 0 Å². The Kier molecular flexibility index (Phi) is 4.35. The summed E-state index contributed by atoms with van der Waals surface area (Å²) in [6.07, 6.45) is 3.94. The Hall–Kier alpha value is -3.21. The van der Waals surface area contributed by atoms with E-state index in [0.29, 0.717) is 18.7 Å². The second kappa shape index (κ2) is 6.96. The van der Waals surface area contributed by atoms with Gasteiger partial charge in [-0.3, -0.25) is 4.79 Å². The molecule has 0 aliphatic carbocycles. The van der Waals surface area contributed by atoms with Gasteiger partial charge in [-0.25, -0.2) is 0 Å². The molecular formula is C21H21N3O2. The highest BCUT2D eigenvalue weighted by molar-refractivity contribution is 5.95. The van der Waals surface area contributed by atoms with E-state index in [9.17, 15) is 9.90 Å². The molecule has 5 nitrogen and oxygen atoms in total. The van der Waals surface area contributed by atoms with E-state index < -0.39 is 0 Å². The number of rotatable bonds is 3. The fourth-order valence-corrected chi connectivity index (χ4v) is 3.32. The SMILES string of the molecule is O=C(c1cccc(-n2cccc2)c1)N1CCN(c2ccc(O)cc2)CC1. The van der Waals surface area contributed by atoms with Crippen LogP contribution in [-0.4, -0.2) is 46.7 Å². The van der Waals surface area contributed by atoms with Gasteiger partial charge in [0, 0.05) is 55.5 Å². The van der Waals surface area contributed by atoms with Crippen molar-refractivity contribution in [3.8, 4) is 11.4 Å². The average Bonchev–Trinajstić information content (AvgIpc) is 3.23. The van der Waals surface area contributed by atoms with Gasteiger partial charge in [0.05, 0.1) is 0 Å². The third kappa shape index (κ3) is 3.28. The Morgan fingerprint density at radius 3 is 2.19 bits per heavy atom. The van der Waals surface area contributed by atoms with Gasteiger partial charge < -0.3 is 19.5 Å². The largest absolute Gasteiger partial charge is 0.508 e. The van der Waals surface area contributed by atoms with Crippen molar-refractivity contribution in [3.63, 3.8) is 0 Å². The van der Waals surface area contributed by atoms with Crippen molar-refractivity contribution >= 4 is 11.6 Å². The van der Waals surface area contributed by atoms with Crippen LogP contribution >= 0.6 is 0 Å². The highest BCUT2D eigenvalue weighted by atomic mass is 16.3. The number of hydrogen-bond acceptors (Lipinski definition) is 3. The molecule has 1 saturated heterocycles. The summed E-state index contributed by atoms with van der Waals surface area (Å²) in [6.45, 7) is 2.95. The summed E-state index contributed by atoms with van der Waals surface area (Å²) in [4.78, 5) is 17.0. The van der Waals surface area contributed by atoms with Gasteiger partial charge in [0.15, 0.2) is 0 Å². The van der Waals surface area contributed by atoms with Crippen molar-refractivity contribution in [1.82, 2.24) is 9.47 Å². The van der Waals surface area contributed by atoms with Crippen molar-refractivity contribution < 1.29 is 9.90 Å². The number of phenolic OH excluding ortho intramolecular Hbond substituents is 1. The summed E-state index contributed by atoms with van der Waals surface area (Å²) in [5, 5.41) is 9.41. The maximum absolute atomic E-state index is 12.9. The summed E-state index contributed by atoms with van der Waals surface area (Å²) in [6, 6.07) is 18.9. The van der Waals surface area contributed by atoms with E-state index in [2.05, 4.69) is 4.90 Å². The third-order valence-electron chi connectivity index (χ3n) is 4.78. The van der Waals surface area contributed by atoms with E-state index in [4.69, 9.17) is 0 Å². The van der Waals surface area contributed by atoms with Crippen molar-refractivity contribution in [2.24, 2.45) is 0 Å². The van der Waals surface area contributed by atoms with E-state index in [0.717, 1.165) is 24.5 Å². The first kappa shape index (κ1) is 16.3. The lowest BCUT2D eigenvalue weighted by Gasteiger charge is -2.36. The second-order valence-electron chi connectivity index (χ2n) is 6.44. The number of piperazine rings is 1. The van der Waals surface area contributed by atoms with Gasteiger partial charge >= 0.3 is 0 Å². The predicted octanol–water partition coefficient (Wildman–Crippen LogP) is 3.15. The van der Waals surface area contributed by atoms with Gasteiger partial charge in [0.2, 0.25) is 0 Å². The summed E-state index contributed by atoms with van der Waals surface area (Å²) in [7, 11) is 0. The molecule has 3 aromatic rings. The summed E-state index contributed by atoms with van der Waals surface area (Å²) >= 11 is 0. The standard InChI is InChI=1S/C21H21N3O2/c25-20-8-6-18(7-9-20)23-12-14-24(15-13-23)21(26)17-4-3-5-19(16-17)22-10-1-2-11-22/h1-11,16,25H,12-15H2. The molecule has 1 aromatic heterocycles. The van der Waals surface area contributed by atoms with Crippen molar-refractivity contribution in [2.45, 2.75) is 0 Å². The Morgan fingerprint density at radius 1 is 0.808 bits per heavy atom. The molecule has 1 aliphatic rings. The Morgan fingerprint density at radius 2 is 1.50 bits per heavy atom. The van der Waals surface area contributed by atoms with Crippen LogP contribution in [0.1, 0.15) is 10.4 Å². The summed E-state index contributed by atoms with van der Waals surface area (Å²) in [5.74, 6) is 0.342. The average molecular weight is 347 g/mol. The summed E-state index contributed by atoms with van der Waals surface area (Å²) < 4.78 is 2.00. The van der Waals surface area contributed by atoms with Crippen molar-refractivity contribution in [2.75, 3.05) is 31.1 Å². The first-order valence-corrected chi connectivity index (χ1v) is 8.77. The number of carbonyl (C=O) groups excluding carboxylic acids is 1. The third-order valence-corrected chi connectivity index (χ3v) is 4.78. The minimum absolute atomic E-state index is 0.0735. The van der Waals surface area contributed by atoms with Crippen LogP contribution in [0.25, 0.3) is 5.69 Å². The van der Waals surface area contributed by atoms with E-state index >= 15 is 0 Å². The number of hydrogen-bond donors (Lipinski definition) is 1.